The molecule has 4 rings (SSSR count). The molecule has 1 aromatic heterocycles. The molecule has 1 aliphatic rings. The van der Waals surface area contributed by atoms with E-state index in [0.717, 1.165) is 60.7 Å². The van der Waals surface area contributed by atoms with E-state index in [-0.39, 0.29) is 11.8 Å². The van der Waals surface area contributed by atoms with Crippen LogP contribution >= 0.6 is 0 Å². The summed E-state index contributed by atoms with van der Waals surface area (Å²) in [7, 11) is 1.67. The van der Waals surface area contributed by atoms with Crippen LogP contribution in [0.1, 0.15) is 18.5 Å². The quantitative estimate of drug-likeness (QED) is 0.669. The Hall–Kier alpha value is -3.12. The molecule has 1 fully saturated rings. The molecule has 0 bridgehead atoms. The van der Waals surface area contributed by atoms with Crippen LogP contribution in [-0.4, -0.2) is 41.2 Å². The van der Waals surface area contributed by atoms with Crippen LogP contribution < -0.4 is 10.1 Å². The maximum absolute atomic E-state index is 12.8. The molecule has 1 amide bonds. The Bertz CT molecular complexity index is 938. The Kier molecular flexibility index (Phi) is 5.91. The van der Waals surface area contributed by atoms with Gasteiger partial charge in [0.1, 0.15) is 5.75 Å². The van der Waals surface area contributed by atoms with Crippen molar-refractivity contribution in [3.8, 4) is 16.9 Å². The van der Waals surface area contributed by atoms with Crippen molar-refractivity contribution in [2.45, 2.75) is 19.4 Å². The van der Waals surface area contributed by atoms with Crippen LogP contribution in [0.5, 0.6) is 5.75 Å². The minimum Gasteiger partial charge on any atom is -0.497 e. The van der Waals surface area contributed by atoms with Crippen molar-refractivity contribution in [3.05, 3.63) is 66.5 Å². The number of carbonyl (C=O) groups excluding carboxylic acids is 1. The highest BCUT2D eigenvalue weighted by Crippen LogP contribution is 2.26. The smallest absolute Gasteiger partial charge is 0.228 e. The summed E-state index contributed by atoms with van der Waals surface area (Å²) in [5.41, 5.74) is 4.08. The monoisotopic (exact) mass is 390 g/mol. The first kappa shape index (κ1) is 19.2. The number of aromatic amines is 1. The molecule has 29 heavy (non-hydrogen) atoms. The van der Waals surface area contributed by atoms with Crippen molar-refractivity contribution >= 4 is 11.6 Å². The number of methoxy groups -OCH3 is 1. The summed E-state index contributed by atoms with van der Waals surface area (Å²) in [4.78, 5) is 15.1. The van der Waals surface area contributed by atoms with Gasteiger partial charge in [0.15, 0.2) is 0 Å². The number of piperidine rings is 1. The van der Waals surface area contributed by atoms with Gasteiger partial charge >= 0.3 is 0 Å². The van der Waals surface area contributed by atoms with Crippen molar-refractivity contribution in [2.24, 2.45) is 5.92 Å². The lowest BCUT2D eigenvalue weighted by atomic mass is 9.96. The molecule has 1 saturated heterocycles. The number of hydrogen-bond donors (Lipinski definition) is 2. The molecule has 150 valence electrons. The number of H-pyrrole nitrogens is 1. The molecular weight excluding hydrogens is 364 g/mol. The summed E-state index contributed by atoms with van der Waals surface area (Å²) in [6, 6.07) is 17.9. The van der Waals surface area contributed by atoms with Gasteiger partial charge in [0.05, 0.1) is 13.0 Å². The summed E-state index contributed by atoms with van der Waals surface area (Å²) in [5.74, 6) is 0.926. The number of hydrogen-bond acceptors (Lipinski definition) is 4. The van der Waals surface area contributed by atoms with Crippen LogP contribution in [0.15, 0.2) is 60.8 Å². The topological polar surface area (TPSA) is 70.2 Å². The molecule has 6 nitrogen and oxygen atoms in total. The first-order chi connectivity index (χ1) is 14.2. The van der Waals surface area contributed by atoms with E-state index in [1.54, 1.807) is 13.3 Å². The number of aromatic nitrogens is 2. The molecule has 2 N–H and O–H groups in total. The second-order valence-electron chi connectivity index (χ2n) is 7.45. The Morgan fingerprint density at radius 2 is 2.07 bits per heavy atom. The average Bonchev–Trinajstić information content (AvgIpc) is 3.27. The van der Waals surface area contributed by atoms with Crippen LogP contribution in [0, 0.1) is 5.92 Å². The highest BCUT2D eigenvalue weighted by molar-refractivity contribution is 5.93. The minimum absolute atomic E-state index is 0.00438. The van der Waals surface area contributed by atoms with E-state index in [0.29, 0.717) is 0 Å². The van der Waals surface area contributed by atoms with Gasteiger partial charge in [-0.1, -0.05) is 24.3 Å². The molecular formula is C23H26N4O2. The Morgan fingerprint density at radius 3 is 2.83 bits per heavy atom. The van der Waals surface area contributed by atoms with Crippen molar-refractivity contribution in [2.75, 3.05) is 25.5 Å². The summed E-state index contributed by atoms with van der Waals surface area (Å²) >= 11 is 0. The zero-order chi connectivity index (χ0) is 20.1. The summed E-state index contributed by atoms with van der Waals surface area (Å²) in [6.07, 6.45) is 3.72. The maximum Gasteiger partial charge on any atom is 0.228 e. The third kappa shape index (κ3) is 4.84. The van der Waals surface area contributed by atoms with Gasteiger partial charge in [-0.15, -0.1) is 0 Å². The molecule has 0 spiro atoms. The molecule has 0 saturated carbocycles. The number of nitrogens with one attached hydrogen (secondary N) is 2. The van der Waals surface area contributed by atoms with Crippen molar-refractivity contribution in [3.63, 3.8) is 0 Å². The highest BCUT2D eigenvalue weighted by atomic mass is 16.5. The predicted octanol–water partition coefficient (Wildman–Crippen LogP) is 3.94. The number of likely N-dealkylation sites (tertiary alicyclic amines) is 1. The summed E-state index contributed by atoms with van der Waals surface area (Å²) in [5, 5.41) is 10.1. The van der Waals surface area contributed by atoms with Gasteiger partial charge in [-0.25, -0.2) is 0 Å². The Morgan fingerprint density at radius 1 is 1.21 bits per heavy atom. The molecule has 2 heterocycles. The number of carbonyl (C=O) groups is 1. The molecule has 3 aromatic rings. The number of ether oxygens (including phenoxy) is 1. The van der Waals surface area contributed by atoms with Crippen LogP contribution in [0.25, 0.3) is 11.1 Å². The van der Waals surface area contributed by atoms with Gasteiger partial charge < -0.3 is 10.1 Å². The van der Waals surface area contributed by atoms with Gasteiger partial charge in [-0.3, -0.25) is 14.8 Å². The number of amides is 1. The Balaban J connectivity index is 1.36. The SMILES string of the molecule is COc1cccc(-c2ccc(NC(=O)C3CCCN(Cc4ccn[nH]4)C3)cc2)c1. The van der Waals surface area contributed by atoms with E-state index in [9.17, 15) is 4.79 Å². The molecule has 1 unspecified atom stereocenters. The van der Waals surface area contributed by atoms with Gasteiger partial charge in [0.2, 0.25) is 5.91 Å². The van der Waals surface area contributed by atoms with Crippen LogP contribution in [0.4, 0.5) is 5.69 Å². The van der Waals surface area contributed by atoms with Gasteiger partial charge in [0, 0.05) is 30.7 Å². The third-order valence-electron chi connectivity index (χ3n) is 5.38. The van der Waals surface area contributed by atoms with Crippen molar-refractivity contribution in [1.29, 1.82) is 0 Å². The molecule has 1 aliphatic heterocycles. The van der Waals surface area contributed by atoms with E-state index in [4.69, 9.17) is 4.74 Å². The minimum atomic E-state index is 0.00438. The fourth-order valence-corrected chi connectivity index (χ4v) is 3.82. The average molecular weight is 390 g/mol. The maximum atomic E-state index is 12.8. The molecule has 0 aliphatic carbocycles. The first-order valence-corrected chi connectivity index (χ1v) is 9.97. The van der Waals surface area contributed by atoms with Crippen LogP contribution in [0.3, 0.4) is 0 Å². The largest absolute Gasteiger partial charge is 0.497 e. The second kappa shape index (κ2) is 8.92. The standard InChI is InChI=1S/C23H26N4O2/c1-29-22-6-2-4-18(14-22)17-7-9-20(10-8-17)25-23(28)19-5-3-13-27(15-19)16-21-11-12-24-26-21/h2,4,6-12,14,19H,3,5,13,15-16H2,1H3,(H,24,26)(H,25,28). The number of rotatable bonds is 6. The van der Waals surface area contributed by atoms with E-state index in [2.05, 4.69) is 20.4 Å². The highest BCUT2D eigenvalue weighted by Gasteiger charge is 2.26. The van der Waals surface area contributed by atoms with Gasteiger partial charge in [0.25, 0.3) is 0 Å². The predicted molar refractivity (Wildman–Crippen MR) is 114 cm³/mol. The van der Waals surface area contributed by atoms with E-state index in [1.807, 2.05) is 54.6 Å². The van der Waals surface area contributed by atoms with E-state index < -0.39 is 0 Å². The van der Waals surface area contributed by atoms with Crippen LogP contribution in [-0.2, 0) is 11.3 Å². The lowest BCUT2D eigenvalue weighted by molar-refractivity contribution is -0.121. The fourth-order valence-electron chi connectivity index (χ4n) is 3.82. The van der Waals surface area contributed by atoms with Crippen molar-refractivity contribution < 1.29 is 9.53 Å². The van der Waals surface area contributed by atoms with Crippen LogP contribution in [0.2, 0.25) is 0 Å². The summed E-state index contributed by atoms with van der Waals surface area (Å²) in [6.45, 7) is 2.59. The van der Waals surface area contributed by atoms with Gasteiger partial charge in [-0.2, -0.15) is 5.10 Å². The second-order valence-corrected chi connectivity index (χ2v) is 7.45. The first-order valence-electron chi connectivity index (χ1n) is 9.97. The lowest BCUT2D eigenvalue weighted by Gasteiger charge is -2.31. The van der Waals surface area contributed by atoms with E-state index in [1.165, 1.54) is 0 Å². The molecule has 1 atom stereocenters. The molecule has 6 heteroatoms. The zero-order valence-electron chi connectivity index (χ0n) is 16.6. The van der Waals surface area contributed by atoms with E-state index >= 15 is 0 Å². The van der Waals surface area contributed by atoms with Gasteiger partial charge in [-0.05, 0) is 60.8 Å². The number of anilines is 1. The molecule has 2 aromatic carbocycles. The third-order valence-corrected chi connectivity index (χ3v) is 5.38. The van der Waals surface area contributed by atoms with Crippen molar-refractivity contribution in [1.82, 2.24) is 15.1 Å². The number of nitrogens with zero attached hydrogens (tertiary/aromatic N) is 2. The Labute approximate surface area is 170 Å². The normalized spacial score (nSPS) is 17.1. The summed E-state index contributed by atoms with van der Waals surface area (Å²) < 4.78 is 5.29. The molecule has 0 radical (unpaired) electrons. The number of benzene rings is 2. The zero-order valence-corrected chi connectivity index (χ0v) is 16.6. The fraction of sp³-hybridized carbons (Fsp3) is 0.304. The lowest BCUT2D eigenvalue weighted by Crippen LogP contribution is -2.40.